The molecule has 0 aliphatic carbocycles. The lowest BCUT2D eigenvalue weighted by molar-refractivity contribution is 0.523. The van der Waals surface area contributed by atoms with Gasteiger partial charge in [-0.15, -0.1) is 13.2 Å². The third-order valence-electron chi connectivity index (χ3n) is 2.42. The van der Waals surface area contributed by atoms with E-state index in [1.165, 1.54) is 0 Å². The number of hydrogen-bond donors (Lipinski definition) is 1. The van der Waals surface area contributed by atoms with Crippen molar-refractivity contribution in [3.8, 4) is 0 Å². The van der Waals surface area contributed by atoms with Gasteiger partial charge in [0.05, 0.1) is 6.54 Å². The Morgan fingerprint density at radius 2 is 2.38 bits per heavy atom. The van der Waals surface area contributed by atoms with Gasteiger partial charge in [-0.1, -0.05) is 19.1 Å². The first-order chi connectivity index (χ1) is 6.29. The van der Waals surface area contributed by atoms with Gasteiger partial charge in [0.15, 0.2) is 0 Å². The molecule has 1 rings (SSSR count). The third-order valence-corrected chi connectivity index (χ3v) is 2.42. The second kappa shape index (κ2) is 4.85. The van der Waals surface area contributed by atoms with Gasteiger partial charge < -0.3 is 5.32 Å². The lowest BCUT2D eigenvalue weighted by Gasteiger charge is -2.19. The highest BCUT2D eigenvalue weighted by Crippen LogP contribution is 2.19. The Bertz CT molecular complexity index is 218. The molecule has 1 aliphatic rings. The maximum absolute atomic E-state index is 4.41. The number of aliphatic imine (C=N–C) groups is 1. The number of amidine groups is 1. The summed E-state index contributed by atoms with van der Waals surface area (Å²) in [5.74, 6) is 2.00. The number of rotatable bonds is 5. The van der Waals surface area contributed by atoms with Crippen LogP contribution in [-0.4, -0.2) is 18.9 Å². The fraction of sp³-hybridized carbons (Fsp3) is 0.545. The summed E-state index contributed by atoms with van der Waals surface area (Å²) >= 11 is 0. The normalized spacial score (nSPS) is 19.9. The number of nitrogens with zero attached hydrogens (tertiary/aromatic N) is 1. The van der Waals surface area contributed by atoms with E-state index >= 15 is 0 Å². The molecule has 0 amide bonds. The van der Waals surface area contributed by atoms with Crippen molar-refractivity contribution in [3.63, 3.8) is 0 Å². The average Bonchev–Trinajstić information content (AvgIpc) is 2.59. The molecule has 0 spiro atoms. The zero-order valence-electron chi connectivity index (χ0n) is 8.29. The molecule has 1 N–H and O–H groups in total. The summed E-state index contributed by atoms with van der Waals surface area (Å²) < 4.78 is 0. The van der Waals surface area contributed by atoms with Crippen molar-refractivity contribution >= 4 is 5.84 Å². The molecule has 2 heteroatoms. The molecule has 2 nitrogen and oxygen atoms in total. The Morgan fingerprint density at radius 1 is 1.62 bits per heavy atom. The maximum atomic E-state index is 4.41. The van der Waals surface area contributed by atoms with E-state index in [0.29, 0.717) is 11.8 Å². The van der Waals surface area contributed by atoms with Gasteiger partial charge in [-0.2, -0.15) is 0 Å². The quantitative estimate of drug-likeness (QED) is 0.640. The van der Waals surface area contributed by atoms with Crippen molar-refractivity contribution in [1.29, 1.82) is 0 Å². The fourth-order valence-electron chi connectivity index (χ4n) is 1.66. The van der Waals surface area contributed by atoms with Crippen LogP contribution in [0.3, 0.4) is 0 Å². The molecule has 0 aromatic carbocycles. The molecule has 0 aromatic rings. The van der Waals surface area contributed by atoms with E-state index in [2.05, 4.69) is 30.4 Å². The summed E-state index contributed by atoms with van der Waals surface area (Å²) in [5, 5.41) is 3.29. The molecular weight excluding hydrogens is 160 g/mol. The largest absolute Gasteiger partial charge is 0.371 e. The van der Waals surface area contributed by atoms with E-state index in [4.69, 9.17) is 0 Å². The zero-order chi connectivity index (χ0) is 9.68. The SMILES string of the molecule is C=CCC(C)C(C=C)C1=NCCN1. The van der Waals surface area contributed by atoms with Gasteiger partial charge in [0.25, 0.3) is 0 Å². The molecular formula is C11H18N2. The van der Waals surface area contributed by atoms with E-state index in [9.17, 15) is 0 Å². The fourth-order valence-corrected chi connectivity index (χ4v) is 1.66. The predicted octanol–water partition coefficient (Wildman–Crippen LogP) is 2.00. The molecule has 0 radical (unpaired) electrons. The van der Waals surface area contributed by atoms with Crippen LogP contribution in [0.25, 0.3) is 0 Å². The minimum Gasteiger partial charge on any atom is -0.371 e. The Kier molecular flexibility index (Phi) is 3.74. The highest BCUT2D eigenvalue weighted by Gasteiger charge is 2.20. The monoisotopic (exact) mass is 178 g/mol. The Balaban J connectivity index is 2.59. The summed E-state index contributed by atoms with van der Waals surface area (Å²) in [6.45, 7) is 11.7. The van der Waals surface area contributed by atoms with Crippen LogP contribution in [0.2, 0.25) is 0 Å². The molecule has 1 heterocycles. The number of nitrogens with one attached hydrogen (secondary N) is 1. The zero-order valence-corrected chi connectivity index (χ0v) is 8.29. The first-order valence-electron chi connectivity index (χ1n) is 4.81. The van der Waals surface area contributed by atoms with E-state index in [0.717, 1.165) is 25.3 Å². The summed E-state index contributed by atoms with van der Waals surface area (Å²) in [6, 6.07) is 0. The summed E-state index contributed by atoms with van der Waals surface area (Å²) in [5.41, 5.74) is 0. The summed E-state index contributed by atoms with van der Waals surface area (Å²) in [7, 11) is 0. The van der Waals surface area contributed by atoms with Crippen LogP contribution in [0.4, 0.5) is 0 Å². The second-order valence-electron chi connectivity index (χ2n) is 3.46. The molecule has 72 valence electrons. The third kappa shape index (κ3) is 2.44. The summed E-state index contributed by atoms with van der Waals surface area (Å²) in [6.07, 6.45) is 4.94. The molecule has 0 bridgehead atoms. The van der Waals surface area contributed by atoms with Crippen LogP contribution in [0, 0.1) is 11.8 Å². The highest BCUT2D eigenvalue weighted by molar-refractivity contribution is 5.87. The van der Waals surface area contributed by atoms with Crippen molar-refractivity contribution in [3.05, 3.63) is 25.3 Å². The van der Waals surface area contributed by atoms with Crippen LogP contribution in [-0.2, 0) is 0 Å². The van der Waals surface area contributed by atoms with Gasteiger partial charge in [0, 0.05) is 12.5 Å². The van der Waals surface area contributed by atoms with Crippen molar-refractivity contribution in [2.24, 2.45) is 16.8 Å². The summed E-state index contributed by atoms with van der Waals surface area (Å²) in [4.78, 5) is 4.41. The van der Waals surface area contributed by atoms with Gasteiger partial charge in [-0.25, -0.2) is 0 Å². The number of allylic oxidation sites excluding steroid dienone is 1. The predicted molar refractivity (Wildman–Crippen MR) is 58.0 cm³/mol. The van der Waals surface area contributed by atoms with Gasteiger partial charge >= 0.3 is 0 Å². The van der Waals surface area contributed by atoms with Gasteiger partial charge in [0.1, 0.15) is 5.84 Å². The standard InChI is InChI=1S/C11H18N2/c1-4-6-9(3)10(5-2)11-12-7-8-13-11/h4-5,9-10H,1-2,6-8H2,3H3,(H,12,13). The van der Waals surface area contributed by atoms with Crippen LogP contribution >= 0.6 is 0 Å². The molecule has 2 unspecified atom stereocenters. The topological polar surface area (TPSA) is 24.4 Å². The Hall–Kier alpha value is -1.05. The minimum absolute atomic E-state index is 0.362. The van der Waals surface area contributed by atoms with Crippen molar-refractivity contribution in [2.45, 2.75) is 13.3 Å². The molecule has 0 fully saturated rings. The first kappa shape index (κ1) is 10.0. The average molecular weight is 178 g/mol. The highest BCUT2D eigenvalue weighted by atomic mass is 15.1. The van der Waals surface area contributed by atoms with Crippen molar-refractivity contribution < 1.29 is 0 Å². The van der Waals surface area contributed by atoms with E-state index in [-0.39, 0.29) is 0 Å². The van der Waals surface area contributed by atoms with E-state index in [1.54, 1.807) is 0 Å². The maximum Gasteiger partial charge on any atom is 0.104 e. The van der Waals surface area contributed by atoms with Gasteiger partial charge in [-0.05, 0) is 12.3 Å². The minimum atomic E-state index is 0.362. The second-order valence-corrected chi connectivity index (χ2v) is 3.46. The Labute approximate surface area is 80.4 Å². The molecule has 0 aromatic heterocycles. The van der Waals surface area contributed by atoms with E-state index in [1.807, 2.05) is 12.2 Å². The Morgan fingerprint density at radius 3 is 2.85 bits per heavy atom. The molecule has 13 heavy (non-hydrogen) atoms. The number of hydrogen-bond acceptors (Lipinski definition) is 2. The molecule has 1 aliphatic heterocycles. The van der Waals surface area contributed by atoms with E-state index < -0.39 is 0 Å². The van der Waals surface area contributed by atoms with Crippen LogP contribution in [0.5, 0.6) is 0 Å². The lowest BCUT2D eigenvalue weighted by Crippen LogP contribution is -2.29. The first-order valence-corrected chi connectivity index (χ1v) is 4.81. The van der Waals surface area contributed by atoms with Gasteiger partial charge in [-0.3, -0.25) is 4.99 Å². The molecule has 0 saturated heterocycles. The van der Waals surface area contributed by atoms with Crippen LogP contribution in [0.15, 0.2) is 30.3 Å². The van der Waals surface area contributed by atoms with Gasteiger partial charge in [0.2, 0.25) is 0 Å². The molecule has 2 atom stereocenters. The molecule has 0 saturated carbocycles. The smallest absolute Gasteiger partial charge is 0.104 e. The van der Waals surface area contributed by atoms with Crippen LogP contribution in [0.1, 0.15) is 13.3 Å². The van der Waals surface area contributed by atoms with Crippen LogP contribution < -0.4 is 5.32 Å². The lowest BCUT2D eigenvalue weighted by atomic mass is 9.90. The van der Waals surface area contributed by atoms with Crippen molar-refractivity contribution in [1.82, 2.24) is 5.32 Å². The van der Waals surface area contributed by atoms with Crippen molar-refractivity contribution in [2.75, 3.05) is 13.1 Å².